The molecule has 0 bridgehead atoms. The van der Waals surface area contributed by atoms with Gasteiger partial charge in [0.15, 0.2) is 0 Å². The predicted octanol–water partition coefficient (Wildman–Crippen LogP) is 6.54. The van der Waals surface area contributed by atoms with E-state index in [9.17, 15) is 0 Å². The fourth-order valence-electron chi connectivity index (χ4n) is 2.81. The zero-order valence-corrected chi connectivity index (χ0v) is 15.6. The first-order valence-corrected chi connectivity index (χ1v) is 9.81. The third kappa shape index (κ3) is 4.57. The largest absolute Gasteiger partial charge is 0.466 e. The molecule has 0 aliphatic rings. The van der Waals surface area contributed by atoms with E-state index in [4.69, 9.17) is 9.72 Å². The minimum Gasteiger partial charge on any atom is -0.466 e. The van der Waals surface area contributed by atoms with Gasteiger partial charge >= 0.3 is 0 Å². The summed E-state index contributed by atoms with van der Waals surface area (Å²) < 4.78 is 5.99. The van der Waals surface area contributed by atoms with Crippen molar-refractivity contribution in [2.45, 2.75) is 4.90 Å². The lowest BCUT2D eigenvalue weighted by atomic mass is 10.0. The fourth-order valence-corrected chi connectivity index (χ4v) is 3.47. The molecule has 0 radical (unpaired) electrons. The lowest BCUT2D eigenvalue weighted by molar-refractivity contribution is 0.378. The van der Waals surface area contributed by atoms with Crippen molar-refractivity contribution in [3.63, 3.8) is 0 Å². The zero-order chi connectivity index (χ0) is 18.3. The van der Waals surface area contributed by atoms with Gasteiger partial charge in [0.2, 0.25) is 5.88 Å². The summed E-state index contributed by atoms with van der Waals surface area (Å²) in [4.78, 5) is 5.91. The predicted molar refractivity (Wildman–Crippen MR) is 113 cm³/mol. The quantitative estimate of drug-likeness (QED) is 0.284. The van der Waals surface area contributed by atoms with Crippen molar-refractivity contribution in [1.29, 1.82) is 0 Å². The summed E-state index contributed by atoms with van der Waals surface area (Å²) in [6.07, 6.45) is 0. The van der Waals surface area contributed by atoms with Gasteiger partial charge in [0.1, 0.15) is 5.94 Å². The van der Waals surface area contributed by atoms with Crippen molar-refractivity contribution in [2.24, 2.45) is 0 Å². The Hall–Kier alpha value is -3.04. The van der Waals surface area contributed by atoms with E-state index in [0.717, 1.165) is 22.4 Å². The lowest BCUT2D eigenvalue weighted by Crippen LogP contribution is -1.97. The number of hydrogen-bond acceptors (Lipinski definition) is 3. The van der Waals surface area contributed by atoms with Crippen LogP contribution in [0.25, 0.3) is 22.4 Å². The second-order valence-corrected chi connectivity index (χ2v) is 7.03. The van der Waals surface area contributed by atoms with Crippen molar-refractivity contribution in [1.82, 2.24) is 4.98 Å². The van der Waals surface area contributed by atoms with Crippen LogP contribution in [0.1, 0.15) is 0 Å². The molecular formula is C24H19NOS. The van der Waals surface area contributed by atoms with Gasteiger partial charge in [-0.1, -0.05) is 90.6 Å². The molecule has 0 spiro atoms. The molecule has 1 heterocycles. The average molecular weight is 369 g/mol. The van der Waals surface area contributed by atoms with Gasteiger partial charge in [0.25, 0.3) is 0 Å². The fraction of sp³-hybridized carbons (Fsp3) is 0.0417. The number of nitrogens with zero attached hydrogens (tertiary/aromatic N) is 1. The van der Waals surface area contributed by atoms with E-state index >= 15 is 0 Å². The molecule has 0 aliphatic heterocycles. The molecule has 0 N–H and O–H groups in total. The SMILES string of the molecule is c1ccc(SCOc2cc(-c3ccccc3)cc(-c3ccccc3)n2)cc1. The molecule has 3 heteroatoms. The van der Waals surface area contributed by atoms with Gasteiger partial charge in [0, 0.05) is 16.5 Å². The first kappa shape index (κ1) is 17.4. The Morgan fingerprint density at radius 2 is 1.22 bits per heavy atom. The topological polar surface area (TPSA) is 22.1 Å². The van der Waals surface area contributed by atoms with Crippen LogP contribution in [0.4, 0.5) is 0 Å². The van der Waals surface area contributed by atoms with Crippen LogP contribution in [0.2, 0.25) is 0 Å². The molecule has 1 aromatic heterocycles. The molecule has 0 saturated heterocycles. The van der Waals surface area contributed by atoms with E-state index in [-0.39, 0.29) is 0 Å². The van der Waals surface area contributed by atoms with Crippen molar-refractivity contribution >= 4 is 11.8 Å². The zero-order valence-electron chi connectivity index (χ0n) is 14.8. The Morgan fingerprint density at radius 3 is 1.89 bits per heavy atom. The van der Waals surface area contributed by atoms with Crippen LogP contribution in [0.15, 0.2) is 108 Å². The Balaban J connectivity index is 1.62. The molecule has 0 fully saturated rings. The molecule has 0 saturated carbocycles. The number of hydrogen-bond donors (Lipinski definition) is 0. The van der Waals surface area contributed by atoms with Crippen molar-refractivity contribution in [3.8, 4) is 28.3 Å². The van der Waals surface area contributed by atoms with Gasteiger partial charge in [-0.2, -0.15) is 0 Å². The Morgan fingerprint density at radius 1 is 0.630 bits per heavy atom. The van der Waals surface area contributed by atoms with Crippen LogP contribution < -0.4 is 4.74 Å². The molecule has 2 nitrogen and oxygen atoms in total. The molecule has 0 amide bonds. The summed E-state index contributed by atoms with van der Waals surface area (Å²) in [5.74, 6) is 1.15. The molecule has 0 aliphatic carbocycles. The summed E-state index contributed by atoms with van der Waals surface area (Å²) in [6.45, 7) is 0. The lowest BCUT2D eigenvalue weighted by Gasteiger charge is -2.11. The number of aromatic nitrogens is 1. The highest BCUT2D eigenvalue weighted by atomic mass is 32.2. The Labute approximate surface area is 163 Å². The second kappa shape index (κ2) is 8.56. The van der Waals surface area contributed by atoms with Crippen LogP contribution in [0.5, 0.6) is 5.88 Å². The Kier molecular flexibility index (Phi) is 5.51. The maximum Gasteiger partial charge on any atom is 0.215 e. The van der Waals surface area contributed by atoms with Gasteiger partial charge in [0.05, 0.1) is 5.69 Å². The smallest absolute Gasteiger partial charge is 0.215 e. The molecule has 3 aromatic carbocycles. The average Bonchev–Trinajstić information content (AvgIpc) is 2.76. The van der Waals surface area contributed by atoms with Crippen LogP contribution in [-0.4, -0.2) is 10.9 Å². The summed E-state index contributed by atoms with van der Waals surface area (Å²) in [5.41, 5.74) is 4.24. The van der Waals surface area contributed by atoms with Gasteiger partial charge in [-0.3, -0.25) is 0 Å². The third-order valence-corrected chi connectivity index (χ3v) is 5.00. The van der Waals surface area contributed by atoms with Crippen LogP contribution in [0.3, 0.4) is 0 Å². The maximum atomic E-state index is 5.99. The monoisotopic (exact) mass is 369 g/mol. The van der Waals surface area contributed by atoms with E-state index in [2.05, 4.69) is 42.5 Å². The maximum absolute atomic E-state index is 5.99. The summed E-state index contributed by atoms with van der Waals surface area (Å²) in [6, 6.07) is 34.9. The van der Waals surface area contributed by atoms with Gasteiger partial charge in [-0.25, -0.2) is 4.98 Å². The van der Waals surface area contributed by atoms with E-state index in [1.54, 1.807) is 11.8 Å². The molecule has 0 unspecified atom stereocenters. The van der Waals surface area contributed by atoms with E-state index < -0.39 is 0 Å². The number of thioether (sulfide) groups is 1. The Bertz CT molecular complexity index is 931. The van der Waals surface area contributed by atoms with Crippen LogP contribution in [0, 0.1) is 0 Å². The second-order valence-electron chi connectivity index (χ2n) is 6.03. The van der Waals surface area contributed by atoms with Crippen molar-refractivity contribution < 1.29 is 4.74 Å². The van der Waals surface area contributed by atoms with Gasteiger partial charge < -0.3 is 4.74 Å². The highest BCUT2D eigenvalue weighted by molar-refractivity contribution is 7.99. The molecule has 132 valence electrons. The first-order valence-electron chi connectivity index (χ1n) is 8.82. The van der Waals surface area contributed by atoms with Gasteiger partial charge in [-0.05, 0) is 29.3 Å². The normalized spacial score (nSPS) is 10.5. The number of rotatable bonds is 6. The summed E-state index contributed by atoms with van der Waals surface area (Å²) in [7, 11) is 0. The van der Waals surface area contributed by atoms with E-state index in [1.165, 1.54) is 4.90 Å². The number of pyridine rings is 1. The van der Waals surface area contributed by atoms with E-state index in [1.807, 2.05) is 60.7 Å². The highest BCUT2D eigenvalue weighted by Gasteiger charge is 2.08. The number of ether oxygens (including phenoxy) is 1. The van der Waals surface area contributed by atoms with Crippen molar-refractivity contribution in [2.75, 3.05) is 5.94 Å². The minimum absolute atomic E-state index is 0.517. The van der Waals surface area contributed by atoms with Crippen molar-refractivity contribution in [3.05, 3.63) is 103 Å². The molecule has 27 heavy (non-hydrogen) atoms. The summed E-state index contributed by atoms with van der Waals surface area (Å²) >= 11 is 1.66. The van der Waals surface area contributed by atoms with Gasteiger partial charge in [-0.15, -0.1) is 0 Å². The standard InChI is InChI=1S/C24H19NOS/c1-4-10-19(11-5-1)21-16-23(20-12-6-2-7-13-20)25-24(17-21)26-18-27-22-14-8-3-9-15-22/h1-17H,18H2. The van der Waals surface area contributed by atoms with E-state index in [0.29, 0.717) is 11.8 Å². The van der Waals surface area contributed by atoms with Crippen LogP contribution in [-0.2, 0) is 0 Å². The molecule has 4 aromatic rings. The first-order chi connectivity index (χ1) is 13.4. The summed E-state index contributed by atoms with van der Waals surface area (Å²) in [5, 5.41) is 0. The number of benzene rings is 3. The van der Waals surface area contributed by atoms with Crippen LogP contribution >= 0.6 is 11.8 Å². The minimum atomic E-state index is 0.517. The third-order valence-electron chi connectivity index (χ3n) is 4.15. The highest BCUT2D eigenvalue weighted by Crippen LogP contribution is 2.29. The molecule has 4 rings (SSSR count). The molecular weight excluding hydrogens is 350 g/mol. The molecule has 0 atom stereocenters.